The summed E-state index contributed by atoms with van der Waals surface area (Å²) in [4.78, 5) is 26.2. The Morgan fingerprint density at radius 3 is 2.30 bits per heavy atom. The number of benzene rings is 4. The van der Waals surface area contributed by atoms with Gasteiger partial charge in [-0.25, -0.2) is 4.39 Å². The maximum Gasteiger partial charge on any atom is 0.255 e. The molecule has 6 heteroatoms. The molecule has 0 aliphatic heterocycles. The number of amides is 2. The van der Waals surface area contributed by atoms with Gasteiger partial charge in [0, 0.05) is 21.8 Å². The number of anilines is 2. The second-order valence-corrected chi connectivity index (χ2v) is 8.83. The smallest absolute Gasteiger partial charge is 0.255 e. The fraction of sp³-hybridized carbons (Fsp3) is 0.111. The van der Waals surface area contributed by atoms with E-state index in [-0.39, 0.29) is 17.1 Å². The molecule has 0 fully saturated rings. The van der Waals surface area contributed by atoms with Crippen LogP contribution in [0.1, 0.15) is 23.7 Å². The van der Waals surface area contributed by atoms with Gasteiger partial charge in [-0.1, -0.05) is 43.3 Å². The lowest BCUT2D eigenvalue weighted by atomic mass is 10.1. The van der Waals surface area contributed by atoms with E-state index in [9.17, 15) is 14.0 Å². The molecule has 0 spiro atoms. The van der Waals surface area contributed by atoms with E-state index in [0.717, 1.165) is 21.4 Å². The van der Waals surface area contributed by atoms with Crippen molar-refractivity contribution < 1.29 is 14.0 Å². The summed E-state index contributed by atoms with van der Waals surface area (Å²) < 4.78 is 13.1. The second kappa shape index (κ2) is 10.3. The van der Waals surface area contributed by atoms with Crippen LogP contribution in [-0.2, 0) is 4.79 Å². The lowest BCUT2D eigenvalue weighted by Gasteiger charge is -2.16. The second-order valence-electron chi connectivity index (χ2n) is 7.55. The average molecular weight is 459 g/mol. The van der Waals surface area contributed by atoms with Gasteiger partial charge in [-0.15, -0.1) is 11.8 Å². The molecule has 4 rings (SSSR count). The molecule has 1 atom stereocenters. The fourth-order valence-electron chi connectivity index (χ4n) is 3.43. The van der Waals surface area contributed by atoms with Crippen LogP contribution < -0.4 is 10.6 Å². The zero-order valence-electron chi connectivity index (χ0n) is 18.0. The van der Waals surface area contributed by atoms with Gasteiger partial charge in [-0.2, -0.15) is 0 Å². The molecule has 0 saturated heterocycles. The minimum absolute atomic E-state index is 0.0708. The Labute approximate surface area is 196 Å². The van der Waals surface area contributed by atoms with Crippen molar-refractivity contribution in [2.75, 3.05) is 10.6 Å². The van der Waals surface area contributed by atoms with Crippen LogP contribution >= 0.6 is 11.8 Å². The van der Waals surface area contributed by atoms with E-state index in [1.807, 2.05) is 67.6 Å². The topological polar surface area (TPSA) is 58.2 Å². The van der Waals surface area contributed by atoms with Gasteiger partial charge in [0.1, 0.15) is 5.82 Å². The first-order valence-corrected chi connectivity index (χ1v) is 11.5. The first-order chi connectivity index (χ1) is 16.0. The van der Waals surface area contributed by atoms with Gasteiger partial charge in [0.25, 0.3) is 5.91 Å². The molecule has 166 valence electrons. The number of halogens is 1. The molecule has 4 aromatic carbocycles. The van der Waals surface area contributed by atoms with Crippen molar-refractivity contribution in [1.29, 1.82) is 0 Å². The quantitative estimate of drug-likeness (QED) is 0.302. The van der Waals surface area contributed by atoms with Gasteiger partial charge in [0.05, 0.1) is 5.25 Å². The van der Waals surface area contributed by atoms with Gasteiger partial charge >= 0.3 is 0 Å². The van der Waals surface area contributed by atoms with E-state index in [2.05, 4.69) is 10.6 Å². The lowest BCUT2D eigenvalue weighted by Crippen LogP contribution is -2.24. The molecule has 4 nitrogen and oxygen atoms in total. The monoisotopic (exact) mass is 458 g/mol. The van der Waals surface area contributed by atoms with E-state index in [1.165, 1.54) is 36.0 Å². The minimum Gasteiger partial charge on any atom is -0.325 e. The van der Waals surface area contributed by atoms with Crippen LogP contribution in [0.4, 0.5) is 15.8 Å². The summed E-state index contributed by atoms with van der Waals surface area (Å²) in [6, 6.07) is 26.6. The lowest BCUT2D eigenvalue weighted by molar-refractivity contribution is -0.115. The summed E-state index contributed by atoms with van der Waals surface area (Å²) in [5.41, 5.74) is 1.74. The molecule has 0 bridgehead atoms. The van der Waals surface area contributed by atoms with E-state index in [4.69, 9.17) is 0 Å². The highest BCUT2D eigenvalue weighted by atomic mass is 32.2. The van der Waals surface area contributed by atoms with E-state index < -0.39 is 5.82 Å². The Kier molecular flexibility index (Phi) is 7.05. The standard InChI is InChI=1S/C27H23FN2O2S/c1-2-25(27(32)30-23-15-12-18-6-3-4-7-20(18)16-23)33-24-9-5-8-22(17-24)29-26(31)19-10-13-21(28)14-11-19/h3-17,25H,2H2,1H3,(H,29,31)(H,30,32). The van der Waals surface area contributed by atoms with E-state index >= 15 is 0 Å². The third-order valence-electron chi connectivity index (χ3n) is 5.16. The molecular formula is C27H23FN2O2S. The van der Waals surface area contributed by atoms with E-state index in [1.54, 1.807) is 6.07 Å². The molecule has 2 amide bonds. The summed E-state index contributed by atoms with van der Waals surface area (Å²) in [6.07, 6.45) is 0.649. The van der Waals surface area contributed by atoms with Gasteiger partial charge in [0.15, 0.2) is 0 Å². The molecule has 0 aromatic heterocycles. The van der Waals surface area contributed by atoms with E-state index in [0.29, 0.717) is 17.7 Å². The number of hydrogen-bond acceptors (Lipinski definition) is 3. The van der Waals surface area contributed by atoms with Gasteiger partial charge in [-0.05, 0) is 71.8 Å². The molecule has 0 aliphatic rings. The SMILES string of the molecule is CCC(Sc1cccc(NC(=O)c2ccc(F)cc2)c1)C(=O)Nc1ccc2ccccc2c1. The molecule has 4 aromatic rings. The van der Waals surface area contributed by atoms with Crippen molar-refractivity contribution >= 4 is 45.7 Å². The van der Waals surface area contributed by atoms with Crippen molar-refractivity contribution in [2.45, 2.75) is 23.5 Å². The minimum atomic E-state index is -0.391. The van der Waals surface area contributed by atoms with Crippen molar-refractivity contribution in [2.24, 2.45) is 0 Å². The average Bonchev–Trinajstić information content (AvgIpc) is 2.83. The fourth-order valence-corrected chi connectivity index (χ4v) is 4.44. The van der Waals surface area contributed by atoms with Crippen LogP contribution in [0.15, 0.2) is 95.9 Å². The van der Waals surface area contributed by atoms with Gasteiger partial charge in [-0.3, -0.25) is 9.59 Å². The van der Waals surface area contributed by atoms with Crippen LogP contribution in [0.5, 0.6) is 0 Å². The molecule has 33 heavy (non-hydrogen) atoms. The van der Waals surface area contributed by atoms with Crippen molar-refractivity contribution in [1.82, 2.24) is 0 Å². The van der Waals surface area contributed by atoms with Gasteiger partial charge < -0.3 is 10.6 Å². The zero-order chi connectivity index (χ0) is 23.2. The molecule has 0 heterocycles. The number of nitrogens with one attached hydrogen (secondary N) is 2. The summed E-state index contributed by atoms with van der Waals surface area (Å²) in [6.45, 7) is 1.97. The summed E-state index contributed by atoms with van der Waals surface area (Å²) >= 11 is 1.45. The number of carbonyl (C=O) groups is 2. The molecule has 0 saturated carbocycles. The van der Waals surface area contributed by atoms with Crippen molar-refractivity contribution in [3.05, 3.63) is 102 Å². The van der Waals surface area contributed by atoms with Crippen LogP contribution in [0.3, 0.4) is 0 Å². The van der Waals surface area contributed by atoms with Crippen LogP contribution in [0, 0.1) is 5.82 Å². The number of rotatable bonds is 7. The Balaban J connectivity index is 1.42. The number of thioether (sulfide) groups is 1. The first kappa shape index (κ1) is 22.6. The molecular weight excluding hydrogens is 435 g/mol. The predicted octanol–water partition coefficient (Wildman–Crippen LogP) is 6.74. The first-order valence-electron chi connectivity index (χ1n) is 10.6. The Morgan fingerprint density at radius 1 is 0.818 bits per heavy atom. The van der Waals surface area contributed by atoms with Crippen LogP contribution in [-0.4, -0.2) is 17.1 Å². The molecule has 1 unspecified atom stereocenters. The maximum absolute atomic E-state index is 13.1. The highest BCUT2D eigenvalue weighted by molar-refractivity contribution is 8.00. The highest BCUT2D eigenvalue weighted by Gasteiger charge is 2.18. The van der Waals surface area contributed by atoms with Gasteiger partial charge in [0.2, 0.25) is 5.91 Å². The third kappa shape index (κ3) is 5.79. The largest absolute Gasteiger partial charge is 0.325 e. The normalized spacial score (nSPS) is 11.7. The number of carbonyl (C=O) groups excluding carboxylic acids is 2. The Bertz CT molecular complexity index is 1290. The summed E-state index contributed by atoms with van der Waals surface area (Å²) in [5.74, 6) is -0.783. The van der Waals surface area contributed by atoms with Crippen LogP contribution in [0.2, 0.25) is 0 Å². The molecule has 0 aliphatic carbocycles. The Hall–Kier alpha value is -3.64. The van der Waals surface area contributed by atoms with Crippen molar-refractivity contribution in [3.63, 3.8) is 0 Å². The molecule has 2 N–H and O–H groups in total. The summed E-state index contributed by atoms with van der Waals surface area (Å²) in [5, 5.41) is 7.74. The predicted molar refractivity (Wildman–Crippen MR) is 133 cm³/mol. The van der Waals surface area contributed by atoms with Crippen molar-refractivity contribution in [3.8, 4) is 0 Å². The third-order valence-corrected chi connectivity index (χ3v) is 6.51. The van der Waals surface area contributed by atoms with Crippen LogP contribution in [0.25, 0.3) is 10.8 Å². The number of fused-ring (bicyclic) bond motifs is 1. The Morgan fingerprint density at radius 2 is 1.55 bits per heavy atom. The molecule has 0 radical (unpaired) electrons. The zero-order valence-corrected chi connectivity index (χ0v) is 18.9. The highest BCUT2D eigenvalue weighted by Crippen LogP contribution is 2.29. The number of hydrogen-bond donors (Lipinski definition) is 2. The summed E-state index contributed by atoms with van der Waals surface area (Å²) in [7, 11) is 0. The maximum atomic E-state index is 13.1.